The van der Waals surface area contributed by atoms with Gasteiger partial charge in [0.25, 0.3) is 0 Å². The molecule has 5 nitrogen and oxygen atoms in total. The van der Waals surface area contributed by atoms with Crippen LogP contribution in [0, 0.1) is 5.92 Å². The molecule has 0 spiro atoms. The van der Waals surface area contributed by atoms with Crippen molar-refractivity contribution in [2.45, 2.75) is 26.7 Å². The number of rotatable bonds is 5. The Kier molecular flexibility index (Phi) is 5.56. The summed E-state index contributed by atoms with van der Waals surface area (Å²) in [6, 6.07) is 3.93. The summed E-state index contributed by atoms with van der Waals surface area (Å²) in [5.74, 6) is 1.11. The standard InChI is InChI=1S/C16H26N4O/c1-4-5-13(2)16(21)18-14-6-7-15(17-12-14)20-10-8-19(3)9-11-20/h6-7,12-13H,4-5,8-11H2,1-3H3,(H,18,21). The molecule has 1 aromatic heterocycles. The number of aromatic nitrogens is 1. The predicted molar refractivity (Wildman–Crippen MR) is 86.6 cm³/mol. The molecule has 1 amide bonds. The molecule has 0 saturated carbocycles. The predicted octanol–water partition coefficient (Wildman–Crippen LogP) is 2.21. The third-order valence-corrected chi connectivity index (χ3v) is 4.01. The van der Waals surface area contributed by atoms with Crippen LogP contribution in [0.2, 0.25) is 0 Å². The molecule has 0 aliphatic carbocycles. The molecule has 1 atom stereocenters. The van der Waals surface area contributed by atoms with Crippen molar-refractivity contribution < 1.29 is 4.79 Å². The fourth-order valence-corrected chi connectivity index (χ4v) is 2.51. The molecule has 0 aromatic carbocycles. The van der Waals surface area contributed by atoms with E-state index >= 15 is 0 Å². The number of nitrogens with zero attached hydrogens (tertiary/aromatic N) is 3. The average molecular weight is 290 g/mol. The summed E-state index contributed by atoms with van der Waals surface area (Å²) < 4.78 is 0. The molecular formula is C16H26N4O. The SMILES string of the molecule is CCCC(C)C(=O)Nc1ccc(N2CCN(C)CC2)nc1. The molecule has 1 aliphatic heterocycles. The molecular weight excluding hydrogens is 264 g/mol. The average Bonchev–Trinajstić information content (AvgIpc) is 2.49. The van der Waals surface area contributed by atoms with Gasteiger partial charge in [0.2, 0.25) is 5.91 Å². The Hall–Kier alpha value is -1.62. The first-order valence-electron chi connectivity index (χ1n) is 7.80. The zero-order valence-corrected chi connectivity index (χ0v) is 13.3. The van der Waals surface area contributed by atoms with Gasteiger partial charge in [-0.05, 0) is 25.6 Å². The van der Waals surface area contributed by atoms with Crippen LogP contribution < -0.4 is 10.2 Å². The summed E-state index contributed by atoms with van der Waals surface area (Å²) in [6.45, 7) is 8.19. The molecule has 21 heavy (non-hydrogen) atoms. The van der Waals surface area contributed by atoms with Crippen LogP contribution in [0.5, 0.6) is 0 Å². The first kappa shape index (κ1) is 15.8. The zero-order chi connectivity index (χ0) is 15.2. The van der Waals surface area contributed by atoms with Gasteiger partial charge in [-0.3, -0.25) is 4.79 Å². The third kappa shape index (κ3) is 4.43. The Morgan fingerprint density at radius 2 is 2.05 bits per heavy atom. The van der Waals surface area contributed by atoms with E-state index < -0.39 is 0 Å². The second-order valence-corrected chi connectivity index (χ2v) is 5.87. The number of hydrogen-bond acceptors (Lipinski definition) is 4. The molecule has 1 unspecified atom stereocenters. The largest absolute Gasteiger partial charge is 0.354 e. The van der Waals surface area contributed by atoms with Crippen molar-refractivity contribution in [2.75, 3.05) is 43.4 Å². The quantitative estimate of drug-likeness (QED) is 0.903. The van der Waals surface area contributed by atoms with Gasteiger partial charge in [-0.15, -0.1) is 0 Å². The third-order valence-electron chi connectivity index (χ3n) is 4.01. The Morgan fingerprint density at radius 1 is 1.33 bits per heavy atom. The van der Waals surface area contributed by atoms with E-state index in [0.29, 0.717) is 0 Å². The maximum Gasteiger partial charge on any atom is 0.227 e. The van der Waals surface area contributed by atoms with Gasteiger partial charge in [0.05, 0.1) is 11.9 Å². The minimum Gasteiger partial charge on any atom is -0.354 e. The highest BCUT2D eigenvalue weighted by atomic mass is 16.1. The first-order valence-corrected chi connectivity index (χ1v) is 7.80. The molecule has 0 radical (unpaired) electrons. The smallest absolute Gasteiger partial charge is 0.227 e. The summed E-state index contributed by atoms with van der Waals surface area (Å²) >= 11 is 0. The number of likely N-dealkylation sites (N-methyl/N-ethyl adjacent to an activating group) is 1. The normalized spacial score (nSPS) is 17.6. The van der Waals surface area contributed by atoms with Crippen molar-refractivity contribution in [3.05, 3.63) is 18.3 Å². The van der Waals surface area contributed by atoms with E-state index in [0.717, 1.165) is 50.5 Å². The second kappa shape index (κ2) is 7.41. The van der Waals surface area contributed by atoms with Gasteiger partial charge in [0.15, 0.2) is 0 Å². The highest BCUT2D eigenvalue weighted by molar-refractivity contribution is 5.92. The number of amides is 1. The van der Waals surface area contributed by atoms with Crippen LogP contribution in [0.25, 0.3) is 0 Å². The van der Waals surface area contributed by atoms with E-state index in [4.69, 9.17) is 0 Å². The molecule has 5 heteroatoms. The van der Waals surface area contributed by atoms with Crippen LogP contribution in [-0.4, -0.2) is 49.0 Å². The van der Waals surface area contributed by atoms with Crippen molar-refractivity contribution in [3.63, 3.8) is 0 Å². The van der Waals surface area contributed by atoms with Gasteiger partial charge >= 0.3 is 0 Å². The summed E-state index contributed by atoms with van der Waals surface area (Å²) in [7, 11) is 2.14. The molecule has 1 aromatic rings. The van der Waals surface area contributed by atoms with Crippen LogP contribution in [0.4, 0.5) is 11.5 Å². The number of hydrogen-bond donors (Lipinski definition) is 1. The topological polar surface area (TPSA) is 48.5 Å². The van der Waals surface area contributed by atoms with Gasteiger partial charge in [0, 0.05) is 32.1 Å². The Bertz CT molecular complexity index is 452. The molecule has 0 bridgehead atoms. The molecule has 2 rings (SSSR count). The van der Waals surface area contributed by atoms with Crippen LogP contribution in [0.1, 0.15) is 26.7 Å². The van der Waals surface area contributed by atoms with Gasteiger partial charge in [-0.25, -0.2) is 4.98 Å². The van der Waals surface area contributed by atoms with Crippen molar-refractivity contribution in [2.24, 2.45) is 5.92 Å². The first-order chi connectivity index (χ1) is 10.1. The lowest BCUT2D eigenvalue weighted by Crippen LogP contribution is -2.44. The van der Waals surface area contributed by atoms with E-state index in [2.05, 4.69) is 34.1 Å². The van der Waals surface area contributed by atoms with E-state index in [-0.39, 0.29) is 11.8 Å². The van der Waals surface area contributed by atoms with Crippen LogP contribution >= 0.6 is 0 Å². The van der Waals surface area contributed by atoms with Gasteiger partial charge < -0.3 is 15.1 Å². The number of piperazine rings is 1. The molecule has 1 saturated heterocycles. The van der Waals surface area contributed by atoms with Gasteiger partial charge in [-0.2, -0.15) is 0 Å². The second-order valence-electron chi connectivity index (χ2n) is 5.87. The van der Waals surface area contributed by atoms with Gasteiger partial charge in [-0.1, -0.05) is 20.3 Å². The molecule has 1 N–H and O–H groups in total. The fourth-order valence-electron chi connectivity index (χ4n) is 2.51. The highest BCUT2D eigenvalue weighted by Gasteiger charge is 2.16. The van der Waals surface area contributed by atoms with Crippen LogP contribution in [-0.2, 0) is 4.79 Å². The maximum atomic E-state index is 12.0. The van der Waals surface area contributed by atoms with E-state index in [1.807, 2.05) is 19.1 Å². The summed E-state index contributed by atoms with van der Waals surface area (Å²) in [5.41, 5.74) is 0.779. The molecule has 1 fully saturated rings. The monoisotopic (exact) mass is 290 g/mol. The van der Waals surface area contributed by atoms with Crippen LogP contribution in [0.15, 0.2) is 18.3 Å². The number of anilines is 2. The van der Waals surface area contributed by atoms with Crippen molar-refractivity contribution >= 4 is 17.4 Å². The van der Waals surface area contributed by atoms with Crippen molar-refractivity contribution in [3.8, 4) is 0 Å². The lowest BCUT2D eigenvalue weighted by molar-refractivity contribution is -0.119. The Morgan fingerprint density at radius 3 is 2.62 bits per heavy atom. The number of nitrogens with one attached hydrogen (secondary N) is 1. The summed E-state index contributed by atoms with van der Waals surface area (Å²) in [4.78, 5) is 21.1. The van der Waals surface area contributed by atoms with E-state index in [9.17, 15) is 4.79 Å². The minimum atomic E-state index is 0.0484. The maximum absolute atomic E-state index is 12.0. The highest BCUT2D eigenvalue weighted by Crippen LogP contribution is 2.17. The Balaban J connectivity index is 1.91. The summed E-state index contributed by atoms with van der Waals surface area (Å²) in [6.07, 6.45) is 3.69. The lowest BCUT2D eigenvalue weighted by atomic mass is 10.1. The van der Waals surface area contributed by atoms with Crippen LogP contribution in [0.3, 0.4) is 0 Å². The molecule has 1 aliphatic rings. The zero-order valence-electron chi connectivity index (χ0n) is 13.3. The lowest BCUT2D eigenvalue weighted by Gasteiger charge is -2.33. The summed E-state index contributed by atoms with van der Waals surface area (Å²) in [5, 5.41) is 2.94. The number of carbonyl (C=O) groups is 1. The van der Waals surface area contributed by atoms with Crippen molar-refractivity contribution in [1.29, 1.82) is 0 Å². The number of carbonyl (C=O) groups excluding carboxylic acids is 1. The minimum absolute atomic E-state index is 0.0484. The molecule has 116 valence electrons. The number of pyridine rings is 1. The Labute approximate surface area is 127 Å². The fraction of sp³-hybridized carbons (Fsp3) is 0.625. The van der Waals surface area contributed by atoms with E-state index in [1.165, 1.54) is 0 Å². The van der Waals surface area contributed by atoms with Crippen molar-refractivity contribution in [1.82, 2.24) is 9.88 Å². The van der Waals surface area contributed by atoms with E-state index in [1.54, 1.807) is 6.20 Å². The van der Waals surface area contributed by atoms with Gasteiger partial charge in [0.1, 0.15) is 5.82 Å². The molecule has 2 heterocycles.